The molecule has 2 aromatic carbocycles. The largest absolute Gasteiger partial charge is 0.351 e. The van der Waals surface area contributed by atoms with Gasteiger partial charge < -0.3 is 5.32 Å². The third kappa shape index (κ3) is 7.99. The second kappa shape index (κ2) is 10.9. The molecule has 1 amide bonds. The summed E-state index contributed by atoms with van der Waals surface area (Å²) >= 11 is 1.57. The highest BCUT2D eigenvalue weighted by atomic mass is 32.2. The molecule has 1 atom stereocenters. The quantitative estimate of drug-likeness (QED) is 0.638. The Balaban J connectivity index is 2.01. The summed E-state index contributed by atoms with van der Waals surface area (Å²) in [6, 6.07) is 17.8. The third-order valence-corrected chi connectivity index (χ3v) is 5.53. The predicted molar refractivity (Wildman–Crippen MR) is 113 cm³/mol. The Labute approximate surface area is 165 Å². The number of amides is 1. The summed E-state index contributed by atoms with van der Waals surface area (Å²) in [6.07, 6.45) is 3.85. The van der Waals surface area contributed by atoms with Crippen molar-refractivity contribution in [2.75, 3.05) is 12.0 Å². The molecule has 0 radical (unpaired) electrons. The van der Waals surface area contributed by atoms with Gasteiger partial charge in [-0.1, -0.05) is 60.7 Å². The molecule has 0 aliphatic heterocycles. The fraction of sp³-hybridized carbons (Fsp3) is 0.250. The number of thioether (sulfide) groups is 1. The summed E-state index contributed by atoms with van der Waals surface area (Å²) in [5.41, 5.74) is 1.73. The van der Waals surface area contributed by atoms with E-state index in [9.17, 15) is 13.2 Å². The zero-order valence-electron chi connectivity index (χ0n) is 15.2. The van der Waals surface area contributed by atoms with Crippen molar-refractivity contribution in [2.45, 2.75) is 19.0 Å². The van der Waals surface area contributed by atoms with Crippen LogP contribution in [0.2, 0.25) is 0 Å². The number of nitrogens with one attached hydrogen (secondary N) is 2. The van der Waals surface area contributed by atoms with Crippen molar-refractivity contribution in [1.82, 2.24) is 10.0 Å². The van der Waals surface area contributed by atoms with Crippen molar-refractivity contribution >= 4 is 33.8 Å². The number of rotatable bonds is 10. The maximum absolute atomic E-state index is 12.5. The first-order valence-corrected chi connectivity index (χ1v) is 11.5. The van der Waals surface area contributed by atoms with E-state index in [-0.39, 0.29) is 5.91 Å². The van der Waals surface area contributed by atoms with E-state index in [1.165, 1.54) is 6.08 Å². The van der Waals surface area contributed by atoms with Crippen LogP contribution in [-0.4, -0.2) is 32.4 Å². The predicted octanol–water partition coefficient (Wildman–Crippen LogP) is 3.01. The Morgan fingerprint density at radius 1 is 1.07 bits per heavy atom. The van der Waals surface area contributed by atoms with Gasteiger partial charge in [-0.3, -0.25) is 4.79 Å². The van der Waals surface area contributed by atoms with Gasteiger partial charge in [0.2, 0.25) is 15.9 Å². The fourth-order valence-electron chi connectivity index (χ4n) is 2.36. The van der Waals surface area contributed by atoms with E-state index in [1.54, 1.807) is 11.8 Å². The minimum Gasteiger partial charge on any atom is -0.351 e. The summed E-state index contributed by atoms with van der Waals surface area (Å²) in [7, 11) is -3.74. The van der Waals surface area contributed by atoms with E-state index >= 15 is 0 Å². The molecule has 2 rings (SSSR count). The van der Waals surface area contributed by atoms with Crippen molar-refractivity contribution in [3.8, 4) is 0 Å². The van der Waals surface area contributed by atoms with Crippen LogP contribution in [0.15, 0.2) is 66.1 Å². The molecular formula is C20H24N2O3S2. The van der Waals surface area contributed by atoms with Gasteiger partial charge in [-0.25, -0.2) is 8.42 Å². The van der Waals surface area contributed by atoms with E-state index < -0.39 is 16.1 Å². The molecule has 0 saturated heterocycles. The molecule has 0 aliphatic carbocycles. The molecule has 5 nitrogen and oxygen atoms in total. The minimum absolute atomic E-state index is 0.329. The fourth-order valence-corrected chi connectivity index (χ4v) is 3.87. The molecule has 7 heteroatoms. The number of benzene rings is 2. The lowest BCUT2D eigenvalue weighted by atomic mass is 10.2. The Kier molecular flexibility index (Phi) is 8.57. The third-order valence-electron chi connectivity index (χ3n) is 3.78. The maximum Gasteiger partial charge on any atom is 0.238 e. The van der Waals surface area contributed by atoms with Gasteiger partial charge >= 0.3 is 0 Å². The lowest BCUT2D eigenvalue weighted by Gasteiger charge is -2.17. The molecule has 0 fully saturated rings. The molecule has 144 valence electrons. The Bertz CT molecular complexity index is 838. The second-order valence-corrected chi connectivity index (χ2v) is 8.50. The minimum atomic E-state index is -3.74. The van der Waals surface area contributed by atoms with Crippen LogP contribution in [-0.2, 0) is 21.4 Å². The molecule has 0 aliphatic rings. The zero-order chi connectivity index (χ0) is 19.5. The number of carbonyl (C=O) groups excluding carboxylic acids is 1. The highest BCUT2D eigenvalue weighted by Crippen LogP contribution is 2.07. The number of carbonyl (C=O) groups is 1. The normalized spacial score (nSPS) is 12.8. The van der Waals surface area contributed by atoms with E-state index in [2.05, 4.69) is 10.0 Å². The smallest absolute Gasteiger partial charge is 0.238 e. The Morgan fingerprint density at radius 2 is 1.70 bits per heavy atom. The molecule has 27 heavy (non-hydrogen) atoms. The molecule has 0 bridgehead atoms. The SMILES string of the molecule is CSCC[C@@H](NS(=O)(=O)/C=C/c1ccccc1)C(=O)NCc1ccccc1. The van der Waals surface area contributed by atoms with Gasteiger partial charge in [0.15, 0.2) is 0 Å². The molecule has 0 aromatic heterocycles. The van der Waals surface area contributed by atoms with Crippen LogP contribution in [0.3, 0.4) is 0 Å². The van der Waals surface area contributed by atoms with Crippen molar-refractivity contribution in [1.29, 1.82) is 0 Å². The molecule has 2 N–H and O–H groups in total. The van der Waals surface area contributed by atoms with Gasteiger partial charge in [0.1, 0.15) is 6.04 Å². The zero-order valence-corrected chi connectivity index (χ0v) is 16.8. The first-order valence-electron chi connectivity index (χ1n) is 8.56. The van der Waals surface area contributed by atoms with Crippen molar-refractivity contribution in [3.05, 3.63) is 77.2 Å². The monoisotopic (exact) mass is 404 g/mol. The van der Waals surface area contributed by atoms with Crippen LogP contribution in [0.5, 0.6) is 0 Å². The second-order valence-electron chi connectivity index (χ2n) is 5.91. The average molecular weight is 405 g/mol. The van der Waals surface area contributed by atoms with Crippen LogP contribution in [0.4, 0.5) is 0 Å². The standard InChI is InChI=1S/C20H24N2O3S2/c1-26-14-12-19(20(23)21-16-18-10-6-3-7-11-18)22-27(24,25)15-13-17-8-4-2-5-9-17/h2-11,13,15,19,22H,12,14,16H2,1H3,(H,21,23)/b15-13+/t19-/m1/s1. The lowest BCUT2D eigenvalue weighted by molar-refractivity contribution is -0.122. The number of hydrogen-bond donors (Lipinski definition) is 2. The first kappa shape index (κ1) is 21.2. The Hall–Kier alpha value is -2.09. The topological polar surface area (TPSA) is 75.3 Å². The summed E-state index contributed by atoms with van der Waals surface area (Å²) in [4.78, 5) is 12.5. The van der Waals surface area contributed by atoms with Crippen molar-refractivity contribution in [2.24, 2.45) is 0 Å². The summed E-state index contributed by atoms with van der Waals surface area (Å²) in [5, 5.41) is 3.90. The van der Waals surface area contributed by atoms with Crippen LogP contribution < -0.4 is 10.0 Å². The van der Waals surface area contributed by atoms with Crippen LogP contribution >= 0.6 is 11.8 Å². The summed E-state index contributed by atoms with van der Waals surface area (Å²) in [6.45, 7) is 0.358. The van der Waals surface area contributed by atoms with E-state index in [1.807, 2.05) is 66.9 Å². The van der Waals surface area contributed by atoms with Gasteiger partial charge in [-0.2, -0.15) is 16.5 Å². The molecule has 2 aromatic rings. The molecule has 0 unspecified atom stereocenters. The highest BCUT2D eigenvalue weighted by molar-refractivity contribution is 7.98. The lowest BCUT2D eigenvalue weighted by Crippen LogP contribution is -2.46. The Morgan fingerprint density at radius 3 is 2.33 bits per heavy atom. The van der Waals surface area contributed by atoms with E-state index in [0.29, 0.717) is 18.7 Å². The molecule has 0 spiro atoms. The van der Waals surface area contributed by atoms with E-state index in [0.717, 1.165) is 16.5 Å². The van der Waals surface area contributed by atoms with Gasteiger partial charge in [0.25, 0.3) is 0 Å². The van der Waals surface area contributed by atoms with Gasteiger partial charge in [-0.15, -0.1) is 0 Å². The van der Waals surface area contributed by atoms with Crippen molar-refractivity contribution in [3.63, 3.8) is 0 Å². The summed E-state index contributed by atoms with van der Waals surface area (Å²) < 4.78 is 27.2. The van der Waals surface area contributed by atoms with Gasteiger partial charge in [-0.05, 0) is 35.6 Å². The van der Waals surface area contributed by atoms with Gasteiger partial charge in [0, 0.05) is 12.0 Å². The maximum atomic E-state index is 12.5. The van der Waals surface area contributed by atoms with Crippen LogP contribution in [0, 0.1) is 0 Å². The first-order chi connectivity index (χ1) is 13.0. The van der Waals surface area contributed by atoms with E-state index in [4.69, 9.17) is 0 Å². The number of hydrogen-bond acceptors (Lipinski definition) is 4. The molecular weight excluding hydrogens is 380 g/mol. The van der Waals surface area contributed by atoms with Crippen molar-refractivity contribution < 1.29 is 13.2 Å². The van der Waals surface area contributed by atoms with Gasteiger partial charge in [0.05, 0.1) is 0 Å². The number of sulfonamides is 1. The highest BCUT2D eigenvalue weighted by Gasteiger charge is 2.22. The van der Waals surface area contributed by atoms with Crippen LogP contribution in [0.1, 0.15) is 17.5 Å². The average Bonchev–Trinajstić information content (AvgIpc) is 2.69. The van der Waals surface area contributed by atoms with Crippen LogP contribution in [0.25, 0.3) is 6.08 Å². The molecule has 0 saturated carbocycles. The summed E-state index contributed by atoms with van der Waals surface area (Å²) in [5.74, 6) is 0.346. The molecule has 0 heterocycles.